The van der Waals surface area contributed by atoms with Gasteiger partial charge in [-0.15, -0.1) is 9.24 Å². The second-order valence-electron chi connectivity index (χ2n) is 8.25. The van der Waals surface area contributed by atoms with Gasteiger partial charge in [-0.2, -0.15) is 0 Å². The molecule has 0 spiro atoms. The quantitative estimate of drug-likeness (QED) is 0.220. The van der Waals surface area contributed by atoms with E-state index < -0.39 is 0 Å². The van der Waals surface area contributed by atoms with Crippen LogP contribution in [0.2, 0.25) is 0 Å². The summed E-state index contributed by atoms with van der Waals surface area (Å²) in [6.45, 7) is 4.62. The number of unbranched alkanes of at least 4 members (excludes halogenated alkanes) is 10. The van der Waals surface area contributed by atoms with Crippen molar-refractivity contribution in [3.05, 3.63) is 0 Å². The van der Waals surface area contributed by atoms with E-state index in [0.29, 0.717) is 5.16 Å². The lowest BCUT2D eigenvalue weighted by Crippen LogP contribution is -2.34. The first-order valence-corrected chi connectivity index (χ1v) is 11.6. The van der Waals surface area contributed by atoms with E-state index in [-0.39, 0.29) is 0 Å². The van der Waals surface area contributed by atoms with Gasteiger partial charge in [0.2, 0.25) is 0 Å². The number of hydrogen-bond acceptors (Lipinski definition) is 0. The standard InChI is InChI=1S/C22H45P/c1-3-5-7-9-11-13-17-21-18-14-16-20-22(21,23)19-15-12-10-8-6-4-2/h21H,3-20,23H2,1-2H3. The Balaban J connectivity index is 2.20. The van der Waals surface area contributed by atoms with Crippen LogP contribution in [0.3, 0.4) is 0 Å². The molecule has 0 radical (unpaired) electrons. The van der Waals surface area contributed by atoms with Crippen molar-refractivity contribution in [1.29, 1.82) is 0 Å². The molecule has 3 unspecified atom stereocenters. The van der Waals surface area contributed by atoms with Gasteiger partial charge in [0, 0.05) is 0 Å². The fourth-order valence-electron chi connectivity index (χ4n) is 4.50. The van der Waals surface area contributed by atoms with Gasteiger partial charge in [0.25, 0.3) is 0 Å². The summed E-state index contributed by atoms with van der Waals surface area (Å²) in [6, 6.07) is 0. The second-order valence-corrected chi connectivity index (χ2v) is 9.40. The maximum absolute atomic E-state index is 3.35. The van der Waals surface area contributed by atoms with Gasteiger partial charge in [-0.1, -0.05) is 104 Å². The predicted molar refractivity (Wildman–Crippen MR) is 110 cm³/mol. The molecule has 0 N–H and O–H groups in total. The fourth-order valence-corrected chi connectivity index (χ4v) is 5.24. The minimum absolute atomic E-state index is 0.604. The number of hydrogen-bond donors (Lipinski definition) is 0. The van der Waals surface area contributed by atoms with Crippen LogP contribution in [-0.4, -0.2) is 5.16 Å². The normalized spacial score (nSPS) is 24.9. The van der Waals surface area contributed by atoms with Gasteiger partial charge in [-0.3, -0.25) is 0 Å². The van der Waals surface area contributed by atoms with Crippen LogP contribution in [0.4, 0.5) is 0 Å². The molecule has 0 aliphatic heterocycles. The lowest BCUT2D eigenvalue weighted by Gasteiger charge is -2.42. The van der Waals surface area contributed by atoms with Crippen LogP contribution in [0.1, 0.15) is 129 Å². The van der Waals surface area contributed by atoms with Gasteiger partial charge in [0.15, 0.2) is 0 Å². The first kappa shape index (κ1) is 21.5. The topological polar surface area (TPSA) is 0 Å². The van der Waals surface area contributed by atoms with E-state index in [1.165, 1.54) is 116 Å². The molecule has 1 saturated carbocycles. The minimum Gasteiger partial charge on any atom is -0.131 e. The highest BCUT2D eigenvalue weighted by atomic mass is 31.0. The Bertz CT molecular complexity index is 263. The molecular weight excluding hydrogens is 295 g/mol. The molecule has 23 heavy (non-hydrogen) atoms. The summed E-state index contributed by atoms with van der Waals surface area (Å²) in [4.78, 5) is 0. The maximum atomic E-state index is 3.35. The molecule has 1 heteroatoms. The fraction of sp³-hybridized carbons (Fsp3) is 1.00. The molecule has 0 saturated heterocycles. The van der Waals surface area contributed by atoms with Crippen LogP contribution < -0.4 is 0 Å². The summed E-state index contributed by atoms with van der Waals surface area (Å²) in [6.07, 6.45) is 26.3. The Hall–Kier alpha value is 0.430. The average molecular weight is 341 g/mol. The molecule has 0 bridgehead atoms. The predicted octanol–water partition coefficient (Wildman–Crippen LogP) is 8.29. The third kappa shape index (κ3) is 9.48. The Kier molecular flexibility index (Phi) is 12.8. The molecular formula is C22H45P. The molecule has 0 aromatic heterocycles. The van der Waals surface area contributed by atoms with Crippen LogP contribution >= 0.6 is 9.24 Å². The second kappa shape index (κ2) is 13.7. The van der Waals surface area contributed by atoms with Gasteiger partial charge in [0.1, 0.15) is 0 Å². The summed E-state index contributed by atoms with van der Waals surface area (Å²) in [5.74, 6) is 1.00. The average Bonchev–Trinajstić information content (AvgIpc) is 2.56. The van der Waals surface area contributed by atoms with E-state index >= 15 is 0 Å². The first-order chi connectivity index (χ1) is 11.2. The van der Waals surface area contributed by atoms with Crippen molar-refractivity contribution < 1.29 is 0 Å². The summed E-state index contributed by atoms with van der Waals surface area (Å²) < 4.78 is 0. The van der Waals surface area contributed by atoms with E-state index in [1.54, 1.807) is 0 Å². The van der Waals surface area contributed by atoms with Crippen LogP contribution in [0.5, 0.6) is 0 Å². The molecule has 0 aromatic rings. The largest absolute Gasteiger partial charge is 0.131 e. The van der Waals surface area contributed by atoms with Crippen LogP contribution in [0, 0.1) is 5.92 Å². The molecule has 1 fully saturated rings. The number of rotatable bonds is 14. The third-order valence-electron chi connectivity index (χ3n) is 6.16. The molecule has 1 aliphatic carbocycles. The molecule has 1 rings (SSSR count). The molecule has 0 amide bonds. The molecule has 0 nitrogen and oxygen atoms in total. The Labute approximate surface area is 150 Å². The summed E-state index contributed by atoms with van der Waals surface area (Å²) in [7, 11) is 3.35. The van der Waals surface area contributed by atoms with Gasteiger partial charge in [-0.25, -0.2) is 0 Å². The van der Waals surface area contributed by atoms with E-state index in [1.807, 2.05) is 0 Å². The molecule has 138 valence electrons. The van der Waals surface area contributed by atoms with Gasteiger partial charge in [0.05, 0.1) is 0 Å². The van der Waals surface area contributed by atoms with Crippen LogP contribution in [0.25, 0.3) is 0 Å². The van der Waals surface area contributed by atoms with E-state index in [9.17, 15) is 0 Å². The Morgan fingerprint density at radius 2 is 1.30 bits per heavy atom. The van der Waals surface area contributed by atoms with Crippen molar-refractivity contribution in [2.24, 2.45) is 5.92 Å². The Morgan fingerprint density at radius 3 is 1.96 bits per heavy atom. The summed E-state index contributed by atoms with van der Waals surface area (Å²) in [5, 5.41) is 0.604. The highest BCUT2D eigenvalue weighted by molar-refractivity contribution is 7.19. The SMILES string of the molecule is CCCCCCCCC1CCCCC1(P)CCCCCCCC. The zero-order valence-corrected chi connectivity index (χ0v) is 17.5. The first-order valence-electron chi connectivity index (χ1n) is 11.0. The van der Waals surface area contributed by atoms with Crippen molar-refractivity contribution in [1.82, 2.24) is 0 Å². The Morgan fingerprint density at radius 1 is 0.739 bits per heavy atom. The monoisotopic (exact) mass is 340 g/mol. The summed E-state index contributed by atoms with van der Waals surface area (Å²) in [5.41, 5.74) is 0. The van der Waals surface area contributed by atoms with Crippen LogP contribution in [0.15, 0.2) is 0 Å². The molecule has 1 aliphatic rings. The van der Waals surface area contributed by atoms with E-state index in [0.717, 1.165) is 5.92 Å². The molecule has 0 aromatic carbocycles. The van der Waals surface area contributed by atoms with Gasteiger partial charge in [-0.05, 0) is 36.8 Å². The lowest BCUT2D eigenvalue weighted by atomic mass is 9.73. The van der Waals surface area contributed by atoms with Crippen molar-refractivity contribution in [3.8, 4) is 0 Å². The van der Waals surface area contributed by atoms with Gasteiger partial charge < -0.3 is 0 Å². The van der Waals surface area contributed by atoms with E-state index in [2.05, 4.69) is 23.1 Å². The zero-order chi connectivity index (χ0) is 16.8. The molecule has 3 atom stereocenters. The van der Waals surface area contributed by atoms with Crippen molar-refractivity contribution in [2.45, 2.75) is 135 Å². The lowest BCUT2D eigenvalue weighted by molar-refractivity contribution is 0.234. The third-order valence-corrected chi connectivity index (χ3v) is 7.21. The minimum atomic E-state index is 0.604. The van der Waals surface area contributed by atoms with Crippen molar-refractivity contribution >= 4 is 9.24 Å². The molecule has 0 heterocycles. The van der Waals surface area contributed by atoms with Gasteiger partial charge >= 0.3 is 0 Å². The maximum Gasteiger partial charge on any atom is -0.0122 e. The highest BCUT2D eigenvalue weighted by Gasteiger charge is 2.35. The van der Waals surface area contributed by atoms with Crippen molar-refractivity contribution in [3.63, 3.8) is 0 Å². The summed E-state index contributed by atoms with van der Waals surface area (Å²) >= 11 is 0. The zero-order valence-electron chi connectivity index (χ0n) is 16.4. The van der Waals surface area contributed by atoms with E-state index in [4.69, 9.17) is 0 Å². The highest BCUT2D eigenvalue weighted by Crippen LogP contribution is 2.46. The van der Waals surface area contributed by atoms with Crippen LogP contribution in [-0.2, 0) is 0 Å². The van der Waals surface area contributed by atoms with Crippen molar-refractivity contribution in [2.75, 3.05) is 0 Å². The smallest absolute Gasteiger partial charge is 0.0122 e.